The van der Waals surface area contributed by atoms with Gasteiger partial charge in [0.25, 0.3) is 0 Å². The first-order valence-electron chi connectivity index (χ1n) is 5.88. The van der Waals surface area contributed by atoms with Crippen molar-refractivity contribution in [1.29, 1.82) is 0 Å². The second-order valence-electron chi connectivity index (χ2n) is 4.51. The lowest BCUT2D eigenvalue weighted by molar-refractivity contribution is -0.135. The van der Waals surface area contributed by atoms with E-state index in [2.05, 4.69) is 12.1 Å². The van der Waals surface area contributed by atoms with E-state index in [1.807, 2.05) is 17.9 Å². The zero-order valence-electron chi connectivity index (χ0n) is 9.90. The first-order valence-corrected chi connectivity index (χ1v) is 5.88. The molecule has 2 heterocycles. The second kappa shape index (κ2) is 4.68. The van der Waals surface area contributed by atoms with Crippen molar-refractivity contribution in [2.24, 2.45) is 0 Å². The average Bonchev–Trinajstić information content (AvgIpc) is 2.63. The maximum atomic E-state index is 11.7. The Balaban J connectivity index is 1.91. The number of carbonyl (C=O) groups is 1. The summed E-state index contributed by atoms with van der Waals surface area (Å²) in [5, 5.41) is 3.84. The number of hydrogen-bond donors (Lipinski definition) is 0. The molecular formula is C12H18N2O2. The number of aromatic nitrogens is 1. The number of likely N-dealkylation sites (tertiary alicyclic amines) is 1. The number of hydrogen-bond acceptors (Lipinski definition) is 3. The van der Waals surface area contributed by atoms with E-state index in [9.17, 15) is 4.79 Å². The van der Waals surface area contributed by atoms with Crippen molar-refractivity contribution in [3.8, 4) is 0 Å². The molecule has 1 amide bonds. The first-order chi connectivity index (χ1) is 7.66. The molecule has 0 aliphatic carbocycles. The fraction of sp³-hybridized carbons (Fsp3) is 0.667. The number of piperidine rings is 1. The van der Waals surface area contributed by atoms with Crippen molar-refractivity contribution in [3.05, 3.63) is 17.5 Å². The van der Waals surface area contributed by atoms with Crippen LogP contribution in [0.25, 0.3) is 0 Å². The van der Waals surface area contributed by atoms with E-state index in [1.54, 1.807) is 0 Å². The van der Waals surface area contributed by atoms with Gasteiger partial charge in [0, 0.05) is 31.5 Å². The molecule has 4 nitrogen and oxygen atoms in total. The molecule has 0 radical (unpaired) electrons. The molecule has 0 N–H and O–H groups in total. The van der Waals surface area contributed by atoms with Crippen molar-refractivity contribution >= 4 is 5.91 Å². The molecule has 1 atom stereocenters. The van der Waals surface area contributed by atoms with E-state index in [0.717, 1.165) is 37.3 Å². The van der Waals surface area contributed by atoms with Crippen LogP contribution in [0.4, 0.5) is 0 Å². The van der Waals surface area contributed by atoms with Crippen LogP contribution in [0.2, 0.25) is 0 Å². The van der Waals surface area contributed by atoms with Gasteiger partial charge in [-0.3, -0.25) is 4.79 Å². The minimum absolute atomic E-state index is 0.273. The molecule has 1 aromatic rings. The van der Waals surface area contributed by atoms with Crippen LogP contribution in [-0.4, -0.2) is 28.6 Å². The summed E-state index contributed by atoms with van der Waals surface area (Å²) in [5.74, 6) is 1.14. The zero-order chi connectivity index (χ0) is 11.5. The Morgan fingerprint density at radius 3 is 3.06 bits per heavy atom. The summed E-state index contributed by atoms with van der Waals surface area (Å²) in [6.07, 6.45) is 3.59. The summed E-state index contributed by atoms with van der Waals surface area (Å²) in [7, 11) is 0. The summed E-state index contributed by atoms with van der Waals surface area (Å²) in [6, 6.07) is 2.30. The van der Waals surface area contributed by atoms with Crippen molar-refractivity contribution < 1.29 is 9.32 Å². The molecule has 16 heavy (non-hydrogen) atoms. The smallest absolute Gasteiger partial charge is 0.222 e. The molecule has 88 valence electrons. The van der Waals surface area contributed by atoms with Gasteiger partial charge >= 0.3 is 0 Å². The van der Waals surface area contributed by atoms with Crippen LogP contribution in [0.1, 0.15) is 37.6 Å². The third-order valence-corrected chi connectivity index (χ3v) is 3.14. The minimum atomic E-state index is 0.273. The molecule has 0 bridgehead atoms. The van der Waals surface area contributed by atoms with Gasteiger partial charge in [-0.15, -0.1) is 0 Å². The Labute approximate surface area is 95.6 Å². The fourth-order valence-corrected chi connectivity index (χ4v) is 2.20. The summed E-state index contributed by atoms with van der Waals surface area (Å²) >= 11 is 0. The van der Waals surface area contributed by atoms with Gasteiger partial charge < -0.3 is 9.42 Å². The third kappa shape index (κ3) is 2.43. The summed E-state index contributed by atoms with van der Waals surface area (Å²) in [5.41, 5.74) is 0.896. The molecule has 1 saturated heterocycles. The van der Waals surface area contributed by atoms with E-state index >= 15 is 0 Å². The van der Waals surface area contributed by atoms with Crippen molar-refractivity contribution in [3.63, 3.8) is 0 Å². The van der Waals surface area contributed by atoms with Gasteiger partial charge in [0.15, 0.2) is 0 Å². The quantitative estimate of drug-likeness (QED) is 0.785. The van der Waals surface area contributed by atoms with E-state index < -0.39 is 0 Å². The van der Waals surface area contributed by atoms with E-state index in [0.29, 0.717) is 12.5 Å². The van der Waals surface area contributed by atoms with Crippen LogP contribution in [0.5, 0.6) is 0 Å². The largest absolute Gasteiger partial charge is 0.361 e. The van der Waals surface area contributed by atoms with Crippen molar-refractivity contribution in [2.45, 2.75) is 45.6 Å². The number of rotatable bonds is 3. The zero-order valence-corrected chi connectivity index (χ0v) is 9.90. The molecule has 1 unspecified atom stereocenters. The molecule has 1 aromatic heterocycles. The van der Waals surface area contributed by atoms with Crippen LogP contribution in [-0.2, 0) is 11.2 Å². The van der Waals surface area contributed by atoms with Gasteiger partial charge in [0.05, 0.1) is 5.69 Å². The number of carbonyl (C=O) groups excluding carboxylic acids is 1. The predicted molar refractivity (Wildman–Crippen MR) is 60.0 cm³/mol. The molecule has 0 spiro atoms. The molecule has 0 aromatic carbocycles. The van der Waals surface area contributed by atoms with Crippen LogP contribution in [0.15, 0.2) is 10.6 Å². The highest BCUT2D eigenvalue weighted by atomic mass is 16.5. The number of amides is 1. The first kappa shape index (κ1) is 11.2. The summed E-state index contributed by atoms with van der Waals surface area (Å²) in [6.45, 7) is 4.76. The molecular weight excluding hydrogens is 204 g/mol. The molecule has 1 fully saturated rings. The van der Waals surface area contributed by atoms with E-state index in [1.165, 1.54) is 0 Å². The maximum absolute atomic E-state index is 11.7. The third-order valence-electron chi connectivity index (χ3n) is 3.14. The Kier molecular flexibility index (Phi) is 3.27. The van der Waals surface area contributed by atoms with Crippen molar-refractivity contribution in [2.75, 3.05) is 6.54 Å². The summed E-state index contributed by atoms with van der Waals surface area (Å²) in [4.78, 5) is 13.7. The molecule has 2 rings (SSSR count). The molecule has 1 aliphatic rings. The minimum Gasteiger partial charge on any atom is -0.361 e. The van der Waals surface area contributed by atoms with Gasteiger partial charge in [-0.1, -0.05) is 5.16 Å². The van der Waals surface area contributed by atoms with E-state index in [-0.39, 0.29) is 5.91 Å². The highest BCUT2D eigenvalue weighted by molar-refractivity contribution is 5.77. The van der Waals surface area contributed by atoms with E-state index in [4.69, 9.17) is 4.52 Å². The van der Waals surface area contributed by atoms with Crippen LogP contribution in [0, 0.1) is 6.92 Å². The Bertz CT molecular complexity index is 373. The Hall–Kier alpha value is -1.32. The SMILES string of the molecule is Cc1cc(CCN2C(=O)CCCC2C)on1. The highest BCUT2D eigenvalue weighted by Gasteiger charge is 2.24. The lowest BCUT2D eigenvalue weighted by atomic mass is 10.0. The molecule has 1 aliphatic heterocycles. The average molecular weight is 222 g/mol. The molecule has 0 saturated carbocycles. The lowest BCUT2D eigenvalue weighted by Crippen LogP contribution is -2.42. The maximum Gasteiger partial charge on any atom is 0.222 e. The fourth-order valence-electron chi connectivity index (χ4n) is 2.20. The van der Waals surface area contributed by atoms with Gasteiger partial charge in [-0.05, 0) is 26.7 Å². The number of aryl methyl sites for hydroxylation is 1. The summed E-state index contributed by atoms with van der Waals surface area (Å²) < 4.78 is 5.14. The Morgan fingerprint density at radius 2 is 2.44 bits per heavy atom. The van der Waals surface area contributed by atoms with Crippen molar-refractivity contribution in [1.82, 2.24) is 10.1 Å². The topological polar surface area (TPSA) is 46.3 Å². The predicted octanol–water partition coefficient (Wildman–Crippen LogP) is 1.93. The number of nitrogens with zero attached hydrogens (tertiary/aromatic N) is 2. The van der Waals surface area contributed by atoms with Gasteiger partial charge in [0.1, 0.15) is 5.76 Å². The Morgan fingerprint density at radius 1 is 1.62 bits per heavy atom. The highest BCUT2D eigenvalue weighted by Crippen LogP contribution is 2.18. The normalized spacial score (nSPS) is 21.5. The van der Waals surface area contributed by atoms with Crippen LogP contribution in [0.3, 0.4) is 0 Å². The lowest BCUT2D eigenvalue weighted by Gasteiger charge is -2.33. The molecule has 4 heteroatoms. The van der Waals surface area contributed by atoms with Gasteiger partial charge in [0.2, 0.25) is 5.91 Å². The monoisotopic (exact) mass is 222 g/mol. The standard InChI is InChI=1S/C12H18N2O2/c1-9-8-11(16-13-9)6-7-14-10(2)4-3-5-12(14)15/h8,10H,3-7H2,1-2H3. The van der Waals surface area contributed by atoms with Crippen LogP contribution >= 0.6 is 0 Å². The second-order valence-corrected chi connectivity index (χ2v) is 4.51. The van der Waals surface area contributed by atoms with Crippen LogP contribution < -0.4 is 0 Å². The van der Waals surface area contributed by atoms with Gasteiger partial charge in [-0.25, -0.2) is 0 Å². The van der Waals surface area contributed by atoms with Gasteiger partial charge in [-0.2, -0.15) is 0 Å².